The van der Waals surface area contributed by atoms with Crippen molar-refractivity contribution in [2.45, 2.75) is 13.5 Å². The minimum atomic E-state index is 0.0167. The van der Waals surface area contributed by atoms with Gasteiger partial charge in [0.05, 0.1) is 0 Å². The van der Waals surface area contributed by atoms with Gasteiger partial charge in [0.1, 0.15) is 5.65 Å². The van der Waals surface area contributed by atoms with E-state index in [0.29, 0.717) is 6.54 Å². The van der Waals surface area contributed by atoms with Crippen LogP contribution in [0.2, 0.25) is 0 Å². The van der Waals surface area contributed by atoms with Gasteiger partial charge >= 0.3 is 0 Å². The fourth-order valence-electron chi connectivity index (χ4n) is 2.75. The lowest BCUT2D eigenvalue weighted by Crippen LogP contribution is -2.12. The number of rotatable bonds is 1. The zero-order chi connectivity index (χ0) is 13.7. The summed E-state index contributed by atoms with van der Waals surface area (Å²) in [6.07, 6.45) is 3.83. The lowest BCUT2D eigenvalue weighted by Gasteiger charge is -2.03. The summed E-state index contributed by atoms with van der Waals surface area (Å²) in [7, 11) is 0. The van der Waals surface area contributed by atoms with Gasteiger partial charge in [-0.1, -0.05) is 6.07 Å². The molecule has 2 N–H and O–H groups in total. The molecule has 4 nitrogen and oxygen atoms in total. The van der Waals surface area contributed by atoms with Crippen LogP contribution in [-0.4, -0.2) is 15.9 Å². The van der Waals surface area contributed by atoms with Crippen LogP contribution in [0, 0.1) is 6.92 Å². The van der Waals surface area contributed by atoms with Crippen LogP contribution in [0.4, 0.5) is 0 Å². The molecule has 0 spiro atoms. The first-order valence-electron chi connectivity index (χ1n) is 6.57. The number of aromatic amines is 1. The van der Waals surface area contributed by atoms with E-state index in [1.165, 1.54) is 0 Å². The summed E-state index contributed by atoms with van der Waals surface area (Å²) in [5.74, 6) is 0.0167. The summed E-state index contributed by atoms with van der Waals surface area (Å²) in [6, 6.07) is 8.10. The molecule has 4 rings (SSSR count). The molecule has 1 aromatic carbocycles. The number of pyridine rings is 1. The fraction of sp³-hybridized carbons (Fsp3) is 0.125. The zero-order valence-corrected chi connectivity index (χ0v) is 11.0. The van der Waals surface area contributed by atoms with E-state index in [-0.39, 0.29) is 5.91 Å². The number of H-pyrrole nitrogens is 1. The van der Waals surface area contributed by atoms with Crippen LogP contribution in [0.3, 0.4) is 0 Å². The van der Waals surface area contributed by atoms with Crippen LogP contribution in [0.25, 0.3) is 22.2 Å². The molecule has 3 aromatic rings. The summed E-state index contributed by atoms with van der Waals surface area (Å²) in [5.41, 5.74) is 6.10. The Kier molecular flexibility index (Phi) is 2.21. The van der Waals surface area contributed by atoms with E-state index in [4.69, 9.17) is 0 Å². The number of benzene rings is 1. The number of carbonyl (C=O) groups excluding carboxylic acids is 1. The number of amides is 1. The molecule has 1 aliphatic heterocycles. The topological polar surface area (TPSA) is 57.8 Å². The maximum Gasteiger partial charge on any atom is 0.251 e. The van der Waals surface area contributed by atoms with Gasteiger partial charge < -0.3 is 10.3 Å². The average Bonchev–Trinajstić information content (AvgIpc) is 3.02. The highest BCUT2D eigenvalue weighted by Gasteiger charge is 2.19. The molecule has 2 aromatic heterocycles. The summed E-state index contributed by atoms with van der Waals surface area (Å²) < 4.78 is 0. The van der Waals surface area contributed by atoms with Crippen molar-refractivity contribution >= 4 is 16.9 Å². The Bertz CT molecular complexity index is 848. The lowest BCUT2D eigenvalue weighted by atomic mass is 10.0. The molecule has 0 unspecified atom stereocenters. The Balaban J connectivity index is 1.91. The van der Waals surface area contributed by atoms with E-state index < -0.39 is 0 Å². The molecule has 0 fully saturated rings. The largest absolute Gasteiger partial charge is 0.348 e. The smallest absolute Gasteiger partial charge is 0.251 e. The van der Waals surface area contributed by atoms with Crippen molar-refractivity contribution in [2.24, 2.45) is 0 Å². The third-order valence-electron chi connectivity index (χ3n) is 3.77. The van der Waals surface area contributed by atoms with Crippen molar-refractivity contribution in [3.8, 4) is 11.1 Å². The molecule has 0 saturated carbocycles. The number of fused-ring (bicyclic) bond motifs is 2. The number of aromatic nitrogens is 2. The van der Waals surface area contributed by atoms with E-state index in [9.17, 15) is 4.79 Å². The number of carbonyl (C=O) groups is 1. The van der Waals surface area contributed by atoms with Crippen LogP contribution in [0.15, 0.2) is 36.7 Å². The van der Waals surface area contributed by atoms with Gasteiger partial charge in [0.25, 0.3) is 5.91 Å². The van der Waals surface area contributed by atoms with Crippen LogP contribution >= 0.6 is 0 Å². The van der Waals surface area contributed by atoms with Gasteiger partial charge in [-0.15, -0.1) is 0 Å². The Hall–Kier alpha value is -2.62. The number of nitrogens with zero attached hydrogens (tertiary/aromatic N) is 1. The normalized spacial score (nSPS) is 13.6. The molecule has 0 aliphatic carbocycles. The minimum Gasteiger partial charge on any atom is -0.348 e. The summed E-state index contributed by atoms with van der Waals surface area (Å²) in [6.45, 7) is 2.65. The first-order chi connectivity index (χ1) is 9.72. The summed E-state index contributed by atoms with van der Waals surface area (Å²) in [4.78, 5) is 19.2. The van der Waals surface area contributed by atoms with Crippen molar-refractivity contribution in [2.75, 3.05) is 0 Å². The SMILES string of the molecule is Cc1cnc2[nH]cc(-c3ccc4c(c3)CNC4=O)c2c1. The minimum absolute atomic E-state index is 0.0167. The fourth-order valence-corrected chi connectivity index (χ4v) is 2.75. The van der Waals surface area contributed by atoms with Gasteiger partial charge in [-0.3, -0.25) is 4.79 Å². The molecule has 4 heteroatoms. The lowest BCUT2D eigenvalue weighted by molar-refractivity contribution is 0.0966. The number of aryl methyl sites for hydroxylation is 1. The zero-order valence-electron chi connectivity index (χ0n) is 11.0. The van der Waals surface area contributed by atoms with Crippen LogP contribution in [0.5, 0.6) is 0 Å². The van der Waals surface area contributed by atoms with Crippen LogP contribution in [-0.2, 0) is 6.54 Å². The Morgan fingerprint density at radius 3 is 3.00 bits per heavy atom. The molecule has 0 atom stereocenters. The third kappa shape index (κ3) is 1.54. The van der Waals surface area contributed by atoms with Crippen LogP contribution in [0.1, 0.15) is 21.5 Å². The van der Waals surface area contributed by atoms with Gasteiger partial charge in [0.15, 0.2) is 0 Å². The van der Waals surface area contributed by atoms with Crippen molar-refractivity contribution in [1.82, 2.24) is 15.3 Å². The second kappa shape index (κ2) is 3.93. The Morgan fingerprint density at radius 2 is 2.10 bits per heavy atom. The highest BCUT2D eigenvalue weighted by Crippen LogP contribution is 2.30. The second-order valence-corrected chi connectivity index (χ2v) is 5.17. The highest BCUT2D eigenvalue weighted by atomic mass is 16.1. The molecular weight excluding hydrogens is 250 g/mol. The Morgan fingerprint density at radius 1 is 1.20 bits per heavy atom. The van der Waals surface area contributed by atoms with Crippen molar-refractivity contribution < 1.29 is 4.79 Å². The first-order valence-corrected chi connectivity index (χ1v) is 6.57. The predicted octanol–water partition coefficient (Wildman–Crippen LogP) is 2.78. The maximum absolute atomic E-state index is 11.6. The molecule has 0 bridgehead atoms. The van der Waals surface area contributed by atoms with E-state index in [1.54, 1.807) is 0 Å². The van der Waals surface area contributed by atoms with Gasteiger partial charge in [-0.25, -0.2) is 4.98 Å². The van der Waals surface area contributed by atoms with E-state index >= 15 is 0 Å². The molecule has 98 valence electrons. The monoisotopic (exact) mass is 263 g/mol. The van der Waals surface area contributed by atoms with Gasteiger partial charge in [0.2, 0.25) is 0 Å². The van der Waals surface area contributed by atoms with E-state index in [2.05, 4.69) is 27.4 Å². The van der Waals surface area contributed by atoms with E-state index in [1.807, 2.05) is 31.5 Å². The molecular formula is C16H13N3O. The first kappa shape index (κ1) is 11.2. The molecule has 20 heavy (non-hydrogen) atoms. The van der Waals surface area contributed by atoms with Crippen molar-refractivity contribution in [1.29, 1.82) is 0 Å². The molecule has 3 heterocycles. The van der Waals surface area contributed by atoms with Gasteiger partial charge in [0, 0.05) is 35.5 Å². The molecule has 1 aliphatic rings. The number of hydrogen-bond acceptors (Lipinski definition) is 2. The average molecular weight is 263 g/mol. The third-order valence-corrected chi connectivity index (χ3v) is 3.77. The predicted molar refractivity (Wildman–Crippen MR) is 77.4 cm³/mol. The summed E-state index contributed by atoms with van der Waals surface area (Å²) in [5, 5.41) is 3.96. The summed E-state index contributed by atoms with van der Waals surface area (Å²) >= 11 is 0. The molecule has 0 saturated heterocycles. The van der Waals surface area contributed by atoms with Gasteiger partial charge in [-0.05, 0) is 41.8 Å². The second-order valence-electron chi connectivity index (χ2n) is 5.17. The molecule has 0 radical (unpaired) electrons. The highest BCUT2D eigenvalue weighted by molar-refractivity contribution is 6.00. The van der Waals surface area contributed by atoms with Crippen molar-refractivity contribution in [3.05, 3.63) is 53.3 Å². The molecule has 1 amide bonds. The quantitative estimate of drug-likeness (QED) is 0.709. The van der Waals surface area contributed by atoms with Gasteiger partial charge in [-0.2, -0.15) is 0 Å². The standard InChI is InChI=1S/C16H13N3O/c1-9-4-13-14(8-18-15(13)17-6-9)10-2-3-12-11(5-10)7-19-16(12)20/h2-6,8H,7H2,1H3,(H,17,18)(H,19,20). The Labute approximate surface area is 115 Å². The van der Waals surface area contributed by atoms with Crippen LogP contribution < -0.4 is 5.32 Å². The number of nitrogens with one attached hydrogen (secondary N) is 2. The maximum atomic E-state index is 11.6. The van der Waals surface area contributed by atoms with E-state index in [0.717, 1.165) is 38.9 Å². The van der Waals surface area contributed by atoms with Crippen molar-refractivity contribution in [3.63, 3.8) is 0 Å². The number of hydrogen-bond donors (Lipinski definition) is 2.